The van der Waals surface area contributed by atoms with Crippen LogP contribution in [0.25, 0.3) is 11.4 Å². The van der Waals surface area contributed by atoms with Crippen LogP contribution in [0.4, 0.5) is 0 Å². The number of phenolic OH excluding ortho intramolecular Hbond substituents is 2. The standard InChI is InChI=1S/C34H44N2O4/c1-5-9-11-23(7-3)21-35-31(25-13-17-27(37)18-14-25)29-30(33(35)39)32(26-15-19-28(38)20-16-26)36(34(29)40)22-24(8-4)12-10-6-2/h13-20,23-24,37-38H,5-12,21-22H2,1-4H3. The van der Waals surface area contributed by atoms with Gasteiger partial charge in [0, 0.05) is 13.1 Å². The molecule has 0 aromatic heterocycles. The highest BCUT2D eigenvalue weighted by molar-refractivity contribution is 6.30. The molecule has 0 spiro atoms. The number of nitrogens with zero attached hydrogens (tertiary/aromatic N) is 2. The summed E-state index contributed by atoms with van der Waals surface area (Å²) in [5.74, 6) is 0.625. The van der Waals surface area contributed by atoms with Crippen molar-refractivity contribution in [3.8, 4) is 11.5 Å². The predicted octanol–water partition coefficient (Wildman–Crippen LogP) is 7.34. The van der Waals surface area contributed by atoms with E-state index >= 15 is 0 Å². The Labute approximate surface area is 239 Å². The van der Waals surface area contributed by atoms with Crippen molar-refractivity contribution in [1.82, 2.24) is 9.80 Å². The first-order chi connectivity index (χ1) is 19.3. The first-order valence-corrected chi connectivity index (χ1v) is 15.1. The zero-order chi connectivity index (χ0) is 28.8. The number of carbonyl (C=O) groups excluding carboxylic acids is 2. The number of fused-ring (bicyclic) bond motifs is 1. The van der Waals surface area contributed by atoms with Crippen LogP contribution in [0, 0.1) is 11.8 Å². The average molecular weight is 545 g/mol. The Morgan fingerprint density at radius 1 is 0.600 bits per heavy atom. The number of benzene rings is 2. The van der Waals surface area contributed by atoms with Gasteiger partial charge in [-0.05, 0) is 84.3 Å². The monoisotopic (exact) mass is 544 g/mol. The molecule has 0 saturated heterocycles. The van der Waals surface area contributed by atoms with Gasteiger partial charge in [0.15, 0.2) is 0 Å². The van der Waals surface area contributed by atoms with E-state index < -0.39 is 0 Å². The van der Waals surface area contributed by atoms with E-state index in [0.29, 0.717) is 47.5 Å². The second-order valence-corrected chi connectivity index (χ2v) is 11.2. The maximum absolute atomic E-state index is 14.4. The zero-order valence-electron chi connectivity index (χ0n) is 24.4. The third-order valence-electron chi connectivity index (χ3n) is 8.43. The molecular formula is C34H44N2O4. The maximum atomic E-state index is 14.4. The largest absolute Gasteiger partial charge is 0.508 e. The number of amides is 2. The van der Waals surface area contributed by atoms with E-state index in [1.54, 1.807) is 48.5 Å². The van der Waals surface area contributed by atoms with Crippen LogP contribution in [0.5, 0.6) is 11.5 Å². The van der Waals surface area contributed by atoms with E-state index in [1.165, 1.54) is 0 Å². The Balaban J connectivity index is 1.89. The van der Waals surface area contributed by atoms with Gasteiger partial charge in [-0.1, -0.05) is 66.2 Å². The summed E-state index contributed by atoms with van der Waals surface area (Å²) >= 11 is 0. The Hall–Kier alpha value is -3.54. The Morgan fingerprint density at radius 2 is 0.950 bits per heavy atom. The van der Waals surface area contributed by atoms with E-state index in [4.69, 9.17) is 0 Å². The molecule has 6 heteroatoms. The summed E-state index contributed by atoms with van der Waals surface area (Å²) < 4.78 is 0. The second-order valence-electron chi connectivity index (χ2n) is 11.2. The summed E-state index contributed by atoms with van der Waals surface area (Å²) in [6.07, 6.45) is 8.31. The van der Waals surface area contributed by atoms with Crippen molar-refractivity contribution < 1.29 is 19.8 Å². The molecule has 0 bridgehead atoms. The van der Waals surface area contributed by atoms with E-state index in [0.717, 1.165) is 62.5 Å². The molecule has 2 aromatic carbocycles. The molecule has 2 N–H and O–H groups in total. The van der Waals surface area contributed by atoms with Crippen molar-refractivity contribution in [3.05, 3.63) is 70.8 Å². The molecule has 2 aliphatic heterocycles. The van der Waals surface area contributed by atoms with Gasteiger partial charge in [-0.3, -0.25) is 9.59 Å². The van der Waals surface area contributed by atoms with Crippen molar-refractivity contribution >= 4 is 23.2 Å². The van der Waals surface area contributed by atoms with Gasteiger partial charge in [0.2, 0.25) is 0 Å². The summed E-state index contributed by atoms with van der Waals surface area (Å²) in [5, 5.41) is 20.0. The van der Waals surface area contributed by atoms with Gasteiger partial charge in [-0.15, -0.1) is 0 Å². The molecule has 2 heterocycles. The molecule has 2 aliphatic rings. The van der Waals surface area contributed by atoms with Gasteiger partial charge in [-0.2, -0.15) is 0 Å². The highest BCUT2D eigenvalue weighted by atomic mass is 16.3. The highest BCUT2D eigenvalue weighted by Crippen LogP contribution is 2.47. The second kappa shape index (κ2) is 13.2. The quantitative estimate of drug-likeness (QED) is 0.261. The van der Waals surface area contributed by atoms with Crippen LogP contribution < -0.4 is 0 Å². The molecule has 214 valence electrons. The highest BCUT2D eigenvalue weighted by Gasteiger charge is 2.49. The van der Waals surface area contributed by atoms with Crippen LogP contribution in [0.2, 0.25) is 0 Å². The molecule has 2 amide bonds. The van der Waals surface area contributed by atoms with Crippen LogP contribution in [0.1, 0.15) is 90.2 Å². The van der Waals surface area contributed by atoms with Crippen LogP contribution >= 0.6 is 0 Å². The Morgan fingerprint density at radius 3 is 1.25 bits per heavy atom. The van der Waals surface area contributed by atoms with E-state index in [-0.39, 0.29) is 23.3 Å². The Bertz CT molecular complexity index is 1160. The van der Waals surface area contributed by atoms with Gasteiger partial charge >= 0.3 is 0 Å². The minimum absolute atomic E-state index is 0.140. The van der Waals surface area contributed by atoms with Gasteiger partial charge < -0.3 is 20.0 Å². The normalized spacial score (nSPS) is 16.8. The lowest BCUT2D eigenvalue weighted by atomic mass is 9.97. The SMILES string of the molecule is CCCCC(CC)CN1C(=O)C2=C(c3ccc(O)cc3)N(CC(CC)CCCC)C(=O)C2=C1c1ccc(O)cc1. The molecule has 40 heavy (non-hydrogen) atoms. The molecular weight excluding hydrogens is 500 g/mol. The predicted molar refractivity (Wildman–Crippen MR) is 160 cm³/mol. The first-order valence-electron chi connectivity index (χ1n) is 15.1. The third kappa shape index (κ3) is 5.96. The van der Waals surface area contributed by atoms with E-state index in [1.807, 2.05) is 9.80 Å². The molecule has 2 atom stereocenters. The lowest BCUT2D eigenvalue weighted by molar-refractivity contribution is -0.124. The number of hydrogen-bond donors (Lipinski definition) is 2. The van der Waals surface area contributed by atoms with Gasteiger partial charge in [0.1, 0.15) is 11.5 Å². The minimum atomic E-state index is -0.145. The number of unbranched alkanes of at least 4 members (excludes halogenated alkanes) is 2. The van der Waals surface area contributed by atoms with Crippen LogP contribution in [0.3, 0.4) is 0 Å². The molecule has 2 unspecified atom stereocenters. The molecule has 4 rings (SSSR count). The summed E-state index contributed by atoms with van der Waals surface area (Å²) in [5.41, 5.74) is 3.68. The fourth-order valence-corrected chi connectivity index (χ4v) is 5.93. The lowest BCUT2D eigenvalue weighted by Gasteiger charge is -2.29. The van der Waals surface area contributed by atoms with Crippen molar-refractivity contribution in [2.45, 2.75) is 79.1 Å². The molecule has 0 saturated carbocycles. The minimum Gasteiger partial charge on any atom is -0.508 e. The first kappa shape index (κ1) is 29.4. The fourth-order valence-electron chi connectivity index (χ4n) is 5.93. The summed E-state index contributed by atoms with van der Waals surface area (Å²) in [4.78, 5) is 32.4. The number of hydrogen-bond acceptors (Lipinski definition) is 4. The molecule has 0 fully saturated rings. The van der Waals surface area contributed by atoms with Crippen LogP contribution in [0.15, 0.2) is 59.7 Å². The number of carbonyl (C=O) groups is 2. The van der Waals surface area contributed by atoms with Crippen LogP contribution in [-0.4, -0.2) is 44.9 Å². The average Bonchev–Trinajstić information content (AvgIpc) is 3.40. The smallest absolute Gasteiger partial charge is 0.261 e. The van der Waals surface area contributed by atoms with E-state index in [9.17, 15) is 19.8 Å². The van der Waals surface area contributed by atoms with Crippen LogP contribution in [-0.2, 0) is 9.59 Å². The summed E-state index contributed by atoms with van der Waals surface area (Å²) in [6, 6.07) is 13.6. The molecule has 2 aromatic rings. The van der Waals surface area contributed by atoms with Gasteiger partial charge in [-0.25, -0.2) is 0 Å². The number of rotatable bonds is 14. The summed E-state index contributed by atoms with van der Waals surface area (Å²) in [7, 11) is 0. The van der Waals surface area contributed by atoms with Crippen molar-refractivity contribution in [1.29, 1.82) is 0 Å². The topological polar surface area (TPSA) is 81.1 Å². The van der Waals surface area contributed by atoms with Crippen molar-refractivity contribution in [2.24, 2.45) is 11.8 Å². The maximum Gasteiger partial charge on any atom is 0.261 e. The molecule has 0 aliphatic carbocycles. The fraction of sp³-hybridized carbons (Fsp3) is 0.471. The Kier molecular flexibility index (Phi) is 9.72. The number of phenols is 2. The third-order valence-corrected chi connectivity index (χ3v) is 8.43. The van der Waals surface area contributed by atoms with Crippen molar-refractivity contribution in [2.75, 3.05) is 13.1 Å². The molecule has 0 radical (unpaired) electrons. The summed E-state index contributed by atoms with van der Waals surface area (Å²) in [6.45, 7) is 9.75. The number of aromatic hydroxyl groups is 2. The van der Waals surface area contributed by atoms with E-state index in [2.05, 4.69) is 27.7 Å². The van der Waals surface area contributed by atoms with Gasteiger partial charge in [0.05, 0.1) is 22.5 Å². The molecule has 6 nitrogen and oxygen atoms in total. The zero-order valence-corrected chi connectivity index (χ0v) is 24.4. The van der Waals surface area contributed by atoms with Gasteiger partial charge in [0.25, 0.3) is 11.8 Å². The van der Waals surface area contributed by atoms with Crippen molar-refractivity contribution in [3.63, 3.8) is 0 Å². The lowest BCUT2D eigenvalue weighted by Crippen LogP contribution is -2.34.